The van der Waals surface area contributed by atoms with Crippen LogP contribution in [0.2, 0.25) is 0 Å². The minimum absolute atomic E-state index is 0.187. The Morgan fingerprint density at radius 2 is 1.74 bits per heavy atom. The van der Waals surface area contributed by atoms with Crippen LogP contribution in [0.1, 0.15) is 17.2 Å². The quantitative estimate of drug-likeness (QED) is 0.676. The molecule has 2 rings (SSSR count). The molecule has 0 radical (unpaired) electrons. The predicted molar refractivity (Wildman–Crippen MR) is 103 cm³/mol. The lowest BCUT2D eigenvalue weighted by molar-refractivity contribution is -0.137. The fourth-order valence-electron chi connectivity index (χ4n) is 3.01. The number of methoxy groups -OCH3 is 2. The number of nitrogens with zero attached hydrogens (tertiary/aromatic N) is 2. The number of hydrogen-bond acceptors (Lipinski definition) is 4. The first-order valence-electron chi connectivity index (χ1n) is 8.80. The lowest BCUT2D eigenvalue weighted by Gasteiger charge is -2.31. The molecule has 1 atom stereocenters. The molecule has 2 aromatic carbocycles. The highest BCUT2D eigenvalue weighted by Crippen LogP contribution is 2.26. The van der Waals surface area contributed by atoms with Crippen LogP contribution < -0.4 is 4.74 Å². The first-order chi connectivity index (χ1) is 13.0. The van der Waals surface area contributed by atoms with Crippen LogP contribution in [-0.4, -0.2) is 57.2 Å². The van der Waals surface area contributed by atoms with Gasteiger partial charge in [-0.3, -0.25) is 9.69 Å². The summed E-state index contributed by atoms with van der Waals surface area (Å²) in [4.78, 5) is 16.8. The Kier molecular flexibility index (Phi) is 7.76. The summed E-state index contributed by atoms with van der Waals surface area (Å²) in [6.07, 6.45) is 0. The molecule has 0 N–H and O–H groups in total. The molecule has 1 unspecified atom stereocenters. The minimum atomic E-state index is -0.724. The first-order valence-corrected chi connectivity index (χ1v) is 8.80. The molecule has 0 fully saturated rings. The molecule has 27 heavy (non-hydrogen) atoms. The Balaban J connectivity index is 2.35. The number of benzene rings is 2. The molecule has 0 bridgehead atoms. The zero-order valence-electron chi connectivity index (χ0n) is 16.3. The van der Waals surface area contributed by atoms with Crippen LogP contribution in [0.5, 0.6) is 5.75 Å². The molecule has 2 aromatic rings. The van der Waals surface area contributed by atoms with Crippen LogP contribution in [0.3, 0.4) is 0 Å². The van der Waals surface area contributed by atoms with E-state index in [-0.39, 0.29) is 5.91 Å². The van der Waals surface area contributed by atoms with E-state index in [9.17, 15) is 9.18 Å². The van der Waals surface area contributed by atoms with Gasteiger partial charge in [0.2, 0.25) is 5.91 Å². The van der Waals surface area contributed by atoms with Crippen molar-refractivity contribution in [2.45, 2.75) is 12.6 Å². The summed E-state index contributed by atoms with van der Waals surface area (Å²) in [5.74, 6) is 0.126. The summed E-state index contributed by atoms with van der Waals surface area (Å²) < 4.78 is 25.0. The monoisotopic (exact) mass is 374 g/mol. The summed E-state index contributed by atoms with van der Waals surface area (Å²) in [5, 5.41) is 0. The van der Waals surface area contributed by atoms with E-state index >= 15 is 0 Å². The molecule has 0 aliphatic rings. The third-order valence-corrected chi connectivity index (χ3v) is 4.38. The van der Waals surface area contributed by atoms with E-state index < -0.39 is 11.9 Å². The van der Waals surface area contributed by atoms with Crippen LogP contribution >= 0.6 is 0 Å². The Morgan fingerprint density at radius 3 is 2.37 bits per heavy atom. The molecule has 5 nitrogen and oxygen atoms in total. The summed E-state index contributed by atoms with van der Waals surface area (Å²) in [5.41, 5.74) is 1.24. The number of carbonyl (C=O) groups excluding carboxylic acids is 1. The van der Waals surface area contributed by atoms with Gasteiger partial charge in [0.25, 0.3) is 0 Å². The number of amides is 1. The minimum Gasteiger partial charge on any atom is -0.496 e. The highest BCUT2D eigenvalue weighted by Gasteiger charge is 2.30. The number of rotatable bonds is 9. The molecule has 0 aromatic heterocycles. The van der Waals surface area contributed by atoms with Gasteiger partial charge < -0.3 is 14.4 Å². The van der Waals surface area contributed by atoms with Gasteiger partial charge in [0, 0.05) is 31.3 Å². The highest BCUT2D eigenvalue weighted by atomic mass is 19.1. The first kappa shape index (κ1) is 20.9. The topological polar surface area (TPSA) is 42.0 Å². The SMILES string of the molecule is COCCN(Cc1ccccc1OC)C(=O)C(c1ccccc1F)N(C)C. The largest absolute Gasteiger partial charge is 0.496 e. The molecule has 0 spiro atoms. The third-order valence-electron chi connectivity index (χ3n) is 4.38. The highest BCUT2D eigenvalue weighted by molar-refractivity contribution is 5.83. The van der Waals surface area contributed by atoms with Crippen molar-refractivity contribution in [2.75, 3.05) is 41.5 Å². The van der Waals surface area contributed by atoms with Gasteiger partial charge in [-0.15, -0.1) is 0 Å². The average Bonchev–Trinajstić information content (AvgIpc) is 2.66. The van der Waals surface area contributed by atoms with E-state index in [1.807, 2.05) is 24.3 Å². The standard InChI is InChI=1S/C21H27FN2O3/c1-23(2)20(17-10-6-7-11-18(17)22)21(25)24(13-14-26-3)15-16-9-5-8-12-19(16)27-4/h5-12,20H,13-15H2,1-4H3. The van der Waals surface area contributed by atoms with E-state index in [1.54, 1.807) is 56.3 Å². The Labute approximate surface area is 160 Å². The molecule has 0 heterocycles. The predicted octanol–water partition coefficient (Wildman–Crippen LogP) is 3.11. The maximum Gasteiger partial charge on any atom is 0.245 e. The van der Waals surface area contributed by atoms with Crippen molar-refractivity contribution in [2.24, 2.45) is 0 Å². The molecule has 0 aliphatic carbocycles. The van der Waals surface area contributed by atoms with Crippen molar-refractivity contribution < 1.29 is 18.7 Å². The number of halogens is 1. The van der Waals surface area contributed by atoms with Crippen molar-refractivity contribution in [1.29, 1.82) is 0 Å². The summed E-state index contributed by atoms with van der Waals surface area (Å²) in [6.45, 7) is 1.13. The van der Waals surface area contributed by atoms with Crippen molar-refractivity contribution in [3.63, 3.8) is 0 Å². The lowest BCUT2D eigenvalue weighted by Crippen LogP contribution is -2.42. The normalized spacial score (nSPS) is 12.1. The zero-order chi connectivity index (χ0) is 19.8. The second-order valence-electron chi connectivity index (χ2n) is 6.45. The maximum atomic E-state index is 14.4. The van der Waals surface area contributed by atoms with Gasteiger partial charge in [0.15, 0.2) is 0 Å². The fourth-order valence-corrected chi connectivity index (χ4v) is 3.01. The van der Waals surface area contributed by atoms with Gasteiger partial charge in [-0.25, -0.2) is 4.39 Å². The van der Waals surface area contributed by atoms with Crippen molar-refractivity contribution in [3.8, 4) is 5.75 Å². The van der Waals surface area contributed by atoms with Crippen molar-refractivity contribution in [1.82, 2.24) is 9.80 Å². The number of ether oxygens (including phenoxy) is 2. The number of hydrogen-bond donors (Lipinski definition) is 0. The van der Waals surface area contributed by atoms with Crippen LogP contribution in [0.4, 0.5) is 4.39 Å². The van der Waals surface area contributed by atoms with Crippen molar-refractivity contribution >= 4 is 5.91 Å². The Morgan fingerprint density at radius 1 is 1.07 bits per heavy atom. The number of para-hydroxylation sites is 1. The van der Waals surface area contributed by atoms with Crippen LogP contribution in [0.25, 0.3) is 0 Å². The van der Waals surface area contributed by atoms with Gasteiger partial charge in [-0.2, -0.15) is 0 Å². The average molecular weight is 374 g/mol. The second kappa shape index (κ2) is 10.0. The van der Waals surface area contributed by atoms with E-state index in [4.69, 9.17) is 9.47 Å². The number of likely N-dealkylation sites (N-methyl/N-ethyl adjacent to an activating group) is 1. The molecule has 146 valence electrons. The van der Waals surface area contributed by atoms with Gasteiger partial charge in [-0.1, -0.05) is 36.4 Å². The number of carbonyl (C=O) groups is 1. The molecule has 0 saturated carbocycles. The summed E-state index contributed by atoms with van der Waals surface area (Å²) >= 11 is 0. The molecule has 0 saturated heterocycles. The van der Waals surface area contributed by atoms with Gasteiger partial charge in [0.05, 0.1) is 13.7 Å². The summed E-state index contributed by atoms with van der Waals surface area (Å²) in [6, 6.07) is 13.2. The van der Waals surface area contributed by atoms with Crippen molar-refractivity contribution in [3.05, 3.63) is 65.5 Å². The van der Waals surface area contributed by atoms with Crippen LogP contribution in [0.15, 0.2) is 48.5 Å². The third kappa shape index (κ3) is 5.28. The maximum absolute atomic E-state index is 14.4. The smallest absolute Gasteiger partial charge is 0.245 e. The second-order valence-corrected chi connectivity index (χ2v) is 6.45. The molecular weight excluding hydrogens is 347 g/mol. The van der Waals surface area contributed by atoms with Crippen LogP contribution in [0, 0.1) is 5.82 Å². The fraction of sp³-hybridized carbons (Fsp3) is 0.381. The van der Waals surface area contributed by atoms with Crippen LogP contribution in [-0.2, 0) is 16.1 Å². The van der Waals surface area contributed by atoms with E-state index in [2.05, 4.69) is 0 Å². The molecular formula is C21H27FN2O3. The Bertz CT molecular complexity index is 752. The zero-order valence-corrected chi connectivity index (χ0v) is 16.3. The lowest BCUT2D eigenvalue weighted by atomic mass is 10.0. The molecule has 6 heteroatoms. The van der Waals surface area contributed by atoms with Gasteiger partial charge in [-0.05, 0) is 26.2 Å². The summed E-state index contributed by atoms with van der Waals surface area (Å²) in [7, 11) is 6.73. The van der Waals surface area contributed by atoms with E-state index in [0.29, 0.717) is 31.0 Å². The van der Waals surface area contributed by atoms with Gasteiger partial charge in [0.1, 0.15) is 17.6 Å². The van der Waals surface area contributed by atoms with E-state index in [0.717, 1.165) is 5.56 Å². The Hall–Kier alpha value is -2.44. The molecule has 1 amide bonds. The molecule has 0 aliphatic heterocycles. The van der Waals surface area contributed by atoms with Gasteiger partial charge >= 0.3 is 0 Å². The van der Waals surface area contributed by atoms with E-state index in [1.165, 1.54) is 6.07 Å².